The Kier molecular flexibility index (Phi) is 9.13. The van der Waals surface area contributed by atoms with E-state index < -0.39 is 47.6 Å². The molecule has 2 fully saturated rings. The minimum atomic E-state index is -5.08. The third-order valence-corrected chi connectivity index (χ3v) is 7.20. The number of benzene rings is 1. The molecule has 1 atom stereocenters. The highest BCUT2D eigenvalue weighted by molar-refractivity contribution is 5.75. The van der Waals surface area contributed by atoms with Crippen LogP contribution in [0.4, 0.5) is 40.8 Å². The summed E-state index contributed by atoms with van der Waals surface area (Å²) in [4.78, 5) is 33.0. The van der Waals surface area contributed by atoms with Gasteiger partial charge in [0.1, 0.15) is 0 Å². The van der Waals surface area contributed by atoms with E-state index in [2.05, 4.69) is 25.1 Å². The van der Waals surface area contributed by atoms with E-state index in [4.69, 9.17) is 9.90 Å². The average Bonchev–Trinajstić information content (AvgIpc) is 2.90. The second-order valence-electron chi connectivity index (χ2n) is 10.6. The highest BCUT2D eigenvalue weighted by Gasteiger charge is 2.51. The summed E-state index contributed by atoms with van der Waals surface area (Å²) in [5.41, 5.74) is -1.11. The number of carbonyl (C=O) groups is 2. The van der Waals surface area contributed by atoms with E-state index in [1.54, 1.807) is 12.1 Å². The van der Waals surface area contributed by atoms with Crippen LogP contribution in [-0.4, -0.2) is 70.6 Å². The summed E-state index contributed by atoms with van der Waals surface area (Å²) in [7, 11) is 0. The van der Waals surface area contributed by atoms with Crippen LogP contribution in [0, 0.1) is 23.0 Å². The number of carbonyl (C=O) groups excluding carboxylic acids is 1. The van der Waals surface area contributed by atoms with Crippen LogP contribution in [0.3, 0.4) is 0 Å². The minimum absolute atomic E-state index is 0.157. The Bertz CT molecular complexity index is 1490. The summed E-state index contributed by atoms with van der Waals surface area (Å²) < 4.78 is 101. The average molecular weight is 632 g/mol. The monoisotopic (exact) mass is 631 g/mol. The van der Waals surface area contributed by atoms with Crippen LogP contribution in [0.15, 0.2) is 54.9 Å². The number of aliphatic carboxylic acids is 1. The highest BCUT2D eigenvalue weighted by Crippen LogP contribution is 2.42. The van der Waals surface area contributed by atoms with Crippen LogP contribution >= 0.6 is 0 Å². The molecule has 0 saturated carbocycles. The Morgan fingerprint density at radius 2 is 1.61 bits per heavy atom. The smallest absolute Gasteiger partial charge is 0.475 e. The fraction of sp³-hybridized carbons (Fsp3) is 0.357. The van der Waals surface area contributed by atoms with Crippen molar-refractivity contribution in [1.29, 1.82) is 0 Å². The first-order valence-electron chi connectivity index (χ1n) is 12.9. The van der Waals surface area contributed by atoms with Gasteiger partial charge in [0, 0.05) is 51.3 Å². The molecule has 8 nitrogen and oxygen atoms in total. The standard InChI is InChI=1S/C26H24F5N5O.C2HF3O2/c1-16(37)34-26(24(30)31,18-3-5-20(27)21(28)8-18)22-6-2-17(9-32-22)11-35-12-25(13-35)14-36(15-25)19-4-7-23(29)33-10-19;3-2(4,5)1(6)7/h2-10,24H,11-15H2,1H3,(H,34,37);(H,6,7)/t26-;/m1./s1. The van der Waals surface area contributed by atoms with Crippen LogP contribution in [-0.2, 0) is 21.7 Å². The molecule has 16 heteroatoms. The fourth-order valence-corrected chi connectivity index (χ4v) is 5.32. The lowest BCUT2D eigenvalue weighted by Gasteiger charge is -2.61. The first-order chi connectivity index (χ1) is 20.5. The molecular weight excluding hydrogens is 606 g/mol. The number of pyridine rings is 2. The second-order valence-corrected chi connectivity index (χ2v) is 10.6. The number of anilines is 1. The number of likely N-dealkylation sites (tertiary alicyclic amines) is 1. The molecule has 0 unspecified atom stereocenters. The quantitative estimate of drug-likeness (QED) is 0.293. The zero-order valence-electron chi connectivity index (χ0n) is 22.9. The summed E-state index contributed by atoms with van der Waals surface area (Å²) in [5.74, 6) is -6.53. The third kappa shape index (κ3) is 6.90. The highest BCUT2D eigenvalue weighted by atomic mass is 19.4. The summed E-state index contributed by atoms with van der Waals surface area (Å²) in [5, 5.41) is 9.35. The number of alkyl halides is 5. The van der Waals surface area contributed by atoms with Gasteiger partial charge in [-0.15, -0.1) is 0 Å². The largest absolute Gasteiger partial charge is 0.490 e. The summed E-state index contributed by atoms with van der Waals surface area (Å²) in [6.45, 7) is 5.01. The van der Waals surface area contributed by atoms with Gasteiger partial charge in [-0.3, -0.25) is 14.7 Å². The fourth-order valence-electron chi connectivity index (χ4n) is 5.32. The van der Waals surface area contributed by atoms with Gasteiger partial charge in [-0.1, -0.05) is 12.1 Å². The van der Waals surface area contributed by atoms with Crippen molar-refractivity contribution >= 4 is 17.6 Å². The third-order valence-electron chi connectivity index (χ3n) is 7.20. The van der Waals surface area contributed by atoms with Crippen LogP contribution in [0.5, 0.6) is 0 Å². The van der Waals surface area contributed by atoms with Gasteiger partial charge in [0.05, 0.1) is 17.6 Å². The van der Waals surface area contributed by atoms with Crippen molar-refractivity contribution in [2.45, 2.75) is 31.6 Å². The number of amides is 1. The zero-order valence-corrected chi connectivity index (χ0v) is 22.9. The van der Waals surface area contributed by atoms with E-state index in [0.717, 1.165) is 56.5 Å². The molecule has 236 valence electrons. The predicted octanol–water partition coefficient (Wildman–Crippen LogP) is 4.49. The molecule has 2 N–H and O–H groups in total. The maximum atomic E-state index is 14.5. The Morgan fingerprint density at radius 3 is 2.09 bits per heavy atom. The molecule has 1 aromatic carbocycles. The number of hydrogen-bond donors (Lipinski definition) is 2. The second kappa shape index (κ2) is 12.3. The molecule has 44 heavy (non-hydrogen) atoms. The predicted molar refractivity (Wildman–Crippen MR) is 139 cm³/mol. The van der Waals surface area contributed by atoms with Gasteiger partial charge in [-0.2, -0.15) is 17.6 Å². The van der Waals surface area contributed by atoms with Crippen molar-refractivity contribution < 1.29 is 49.8 Å². The number of nitrogens with one attached hydrogen (secondary N) is 1. The van der Waals surface area contributed by atoms with Gasteiger partial charge in [0.15, 0.2) is 17.2 Å². The number of rotatable bonds is 7. The van der Waals surface area contributed by atoms with Crippen molar-refractivity contribution in [2.24, 2.45) is 5.41 Å². The maximum Gasteiger partial charge on any atom is 0.490 e. The lowest BCUT2D eigenvalue weighted by molar-refractivity contribution is -0.192. The summed E-state index contributed by atoms with van der Waals surface area (Å²) in [6.07, 6.45) is -5.30. The lowest BCUT2D eigenvalue weighted by atomic mass is 9.72. The first kappa shape index (κ1) is 32.6. The van der Waals surface area contributed by atoms with Gasteiger partial charge < -0.3 is 15.3 Å². The van der Waals surface area contributed by atoms with Crippen molar-refractivity contribution in [3.8, 4) is 0 Å². The molecular formula is C28H25F8N5O3. The van der Waals surface area contributed by atoms with E-state index in [0.29, 0.717) is 12.6 Å². The topological polar surface area (TPSA) is 98.7 Å². The van der Waals surface area contributed by atoms with Crippen LogP contribution < -0.4 is 10.2 Å². The van der Waals surface area contributed by atoms with Gasteiger partial charge in [-0.25, -0.2) is 27.3 Å². The Balaban J connectivity index is 0.000000566. The minimum Gasteiger partial charge on any atom is -0.475 e. The summed E-state index contributed by atoms with van der Waals surface area (Å²) >= 11 is 0. The molecule has 2 aliphatic rings. The van der Waals surface area contributed by atoms with Crippen LogP contribution in [0.2, 0.25) is 0 Å². The molecule has 5 rings (SSSR count). The van der Waals surface area contributed by atoms with Gasteiger partial charge in [0.2, 0.25) is 11.9 Å². The van der Waals surface area contributed by atoms with E-state index in [1.165, 1.54) is 24.5 Å². The Hall–Kier alpha value is -4.34. The molecule has 4 heterocycles. The van der Waals surface area contributed by atoms with E-state index in [-0.39, 0.29) is 16.7 Å². The lowest BCUT2D eigenvalue weighted by Crippen LogP contribution is -2.71. The van der Waals surface area contributed by atoms with Crippen molar-refractivity contribution in [2.75, 3.05) is 31.1 Å². The zero-order chi connectivity index (χ0) is 32.4. The van der Waals surface area contributed by atoms with Crippen LogP contribution in [0.25, 0.3) is 0 Å². The Morgan fingerprint density at radius 1 is 0.955 bits per heavy atom. The maximum absolute atomic E-state index is 14.5. The van der Waals surface area contributed by atoms with Gasteiger partial charge in [0.25, 0.3) is 6.43 Å². The molecule has 1 amide bonds. The molecule has 2 aromatic heterocycles. The molecule has 0 bridgehead atoms. The molecule has 0 radical (unpaired) electrons. The van der Waals surface area contributed by atoms with Crippen LogP contribution in [0.1, 0.15) is 23.7 Å². The SMILES string of the molecule is CC(=O)N[C@](c1ccc(F)c(F)c1)(c1ccc(CN2CC3(C2)CN(c2ccc(F)nc2)C3)cn1)C(F)F.O=C(O)C(F)(F)F. The number of carboxylic acid groups (broad SMARTS) is 1. The van der Waals surface area contributed by atoms with Gasteiger partial charge >= 0.3 is 12.1 Å². The molecule has 1 spiro atoms. The number of hydrogen-bond acceptors (Lipinski definition) is 6. The Labute approximate surface area is 245 Å². The molecule has 2 saturated heterocycles. The normalized spacial score (nSPS) is 17.2. The number of carboxylic acids is 1. The molecule has 3 aromatic rings. The molecule has 0 aliphatic carbocycles. The first-order valence-corrected chi connectivity index (χ1v) is 12.9. The van der Waals surface area contributed by atoms with Crippen molar-refractivity contribution in [3.05, 3.63) is 89.3 Å². The van der Waals surface area contributed by atoms with Crippen molar-refractivity contribution in [1.82, 2.24) is 20.2 Å². The molecule has 2 aliphatic heterocycles. The number of halogens is 8. The van der Waals surface area contributed by atoms with E-state index in [1.807, 2.05) is 0 Å². The van der Waals surface area contributed by atoms with Gasteiger partial charge in [-0.05, 0) is 41.5 Å². The number of aromatic nitrogens is 2. The number of nitrogens with zero attached hydrogens (tertiary/aromatic N) is 4. The van der Waals surface area contributed by atoms with E-state index in [9.17, 15) is 39.9 Å². The summed E-state index contributed by atoms with van der Waals surface area (Å²) in [6, 6.07) is 8.47. The van der Waals surface area contributed by atoms with Crippen molar-refractivity contribution in [3.63, 3.8) is 0 Å². The van der Waals surface area contributed by atoms with E-state index >= 15 is 0 Å².